The second-order valence-corrected chi connectivity index (χ2v) is 20.8. The maximum absolute atomic E-state index is 5.51. The van der Waals surface area contributed by atoms with Gasteiger partial charge in [0.1, 0.15) is 10.8 Å². The summed E-state index contributed by atoms with van der Waals surface area (Å²) in [5.74, 6) is 0.917. The van der Waals surface area contributed by atoms with E-state index in [0.29, 0.717) is 0 Å². The average molecular weight is 922 g/mol. The van der Waals surface area contributed by atoms with Gasteiger partial charge in [0, 0.05) is 57.7 Å². The van der Waals surface area contributed by atoms with Crippen LogP contribution in [0.2, 0.25) is 0 Å². The van der Waals surface area contributed by atoms with Gasteiger partial charge in [-0.15, -0.1) is 34.0 Å². The molecule has 0 spiro atoms. The van der Waals surface area contributed by atoms with Crippen molar-refractivity contribution in [3.05, 3.63) is 217 Å². The molecule has 0 aliphatic heterocycles. The van der Waals surface area contributed by atoms with E-state index in [0.717, 1.165) is 68.2 Å². The number of para-hydroxylation sites is 3. The standard InChI is InChI=1S/C62H39N3S3/c1-2-10-46(11-3-1)65-54-15-7-6-14-53(54)63-61(65)42-26-28-43(29-27-42)62-64-59-47(40-22-18-38(19-23-40)44-30-34-57-51(36-44)49-12-4-8-16-55(49)66-57)32-33-48(60(59)68-62)41-24-20-39(21-25-41)45-31-35-58-52(37-45)50-13-5-9-17-56(50)67-58/h1-3,5-11,13-37H,4,12H2. The molecule has 14 rings (SSSR count). The third kappa shape index (κ3) is 6.59. The smallest absolute Gasteiger partial charge is 0.145 e. The fourth-order valence-corrected chi connectivity index (χ4v) is 13.5. The number of aryl methyl sites for hydroxylation is 1. The van der Waals surface area contributed by atoms with E-state index in [4.69, 9.17) is 9.97 Å². The number of thiazole rings is 1. The largest absolute Gasteiger partial charge is 0.292 e. The molecule has 4 heterocycles. The first-order chi connectivity index (χ1) is 33.7. The fraction of sp³-hybridized carbons (Fsp3) is 0.0323. The van der Waals surface area contributed by atoms with Gasteiger partial charge in [-0.3, -0.25) is 4.57 Å². The van der Waals surface area contributed by atoms with E-state index in [-0.39, 0.29) is 0 Å². The van der Waals surface area contributed by atoms with Crippen LogP contribution in [0.25, 0.3) is 130 Å². The zero-order valence-corrected chi connectivity index (χ0v) is 39.1. The molecule has 320 valence electrons. The van der Waals surface area contributed by atoms with E-state index in [1.54, 1.807) is 11.3 Å². The van der Waals surface area contributed by atoms with Crippen LogP contribution in [0, 0.1) is 0 Å². The normalized spacial score (nSPS) is 12.5. The van der Waals surface area contributed by atoms with Crippen molar-refractivity contribution in [3.8, 4) is 72.2 Å². The Bertz CT molecular complexity index is 4110. The van der Waals surface area contributed by atoms with Crippen LogP contribution in [0.4, 0.5) is 0 Å². The zero-order chi connectivity index (χ0) is 44.7. The summed E-state index contributed by atoms with van der Waals surface area (Å²) in [5.41, 5.74) is 17.4. The summed E-state index contributed by atoms with van der Waals surface area (Å²) in [7, 11) is 0. The van der Waals surface area contributed by atoms with Gasteiger partial charge < -0.3 is 0 Å². The van der Waals surface area contributed by atoms with Crippen molar-refractivity contribution < 1.29 is 0 Å². The number of thiophene rings is 2. The van der Waals surface area contributed by atoms with Gasteiger partial charge in [0.2, 0.25) is 0 Å². The van der Waals surface area contributed by atoms with Crippen molar-refractivity contribution >= 4 is 91.6 Å². The average Bonchev–Trinajstić information content (AvgIpc) is 4.21. The van der Waals surface area contributed by atoms with Crippen LogP contribution in [-0.4, -0.2) is 14.5 Å². The van der Waals surface area contributed by atoms with Gasteiger partial charge in [0.05, 0.1) is 21.3 Å². The number of aromatic nitrogens is 3. The highest BCUT2D eigenvalue weighted by Gasteiger charge is 2.20. The number of nitrogens with zero attached hydrogens (tertiary/aromatic N) is 3. The molecule has 6 heteroatoms. The molecule has 0 atom stereocenters. The van der Waals surface area contributed by atoms with E-state index >= 15 is 0 Å². The highest BCUT2D eigenvalue weighted by atomic mass is 32.1. The van der Waals surface area contributed by atoms with Gasteiger partial charge in [-0.1, -0.05) is 152 Å². The highest BCUT2D eigenvalue weighted by molar-refractivity contribution is 7.25. The minimum atomic E-state index is 0.917. The molecule has 0 radical (unpaired) electrons. The summed E-state index contributed by atoms with van der Waals surface area (Å²) in [6, 6.07) is 73.0. The second-order valence-electron chi connectivity index (χ2n) is 17.6. The predicted molar refractivity (Wildman–Crippen MR) is 292 cm³/mol. The summed E-state index contributed by atoms with van der Waals surface area (Å²) in [6.45, 7) is 0. The zero-order valence-electron chi connectivity index (χ0n) is 36.7. The number of hydrogen-bond acceptors (Lipinski definition) is 5. The van der Waals surface area contributed by atoms with E-state index in [9.17, 15) is 0 Å². The van der Waals surface area contributed by atoms with Crippen LogP contribution in [0.3, 0.4) is 0 Å². The molecule has 13 aromatic rings. The Kier molecular flexibility index (Phi) is 9.25. The Morgan fingerprint density at radius 2 is 1.03 bits per heavy atom. The van der Waals surface area contributed by atoms with E-state index < -0.39 is 0 Å². The molecular formula is C62H39N3S3. The van der Waals surface area contributed by atoms with Crippen LogP contribution >= 0.6 is 34.0 Å². The number of rotatable bonds is 7. The molecule has 1 aliphatic carbocycles. The number of hydrogen-bond donors (Lipinski definition) is 0. The van der Waals surface area contributed by atoms with Crippen LogP contribution in [0.5, 0.6) is 0 Å². The molecule has 0 saturated carbocycles. The molecule has 1 aliphatic rings. The van der Waals surface area contributed by atoms with Gasteiger partial charge in [-0.25, -0.2) is 9.97 Å². The maximum Gasteiger partial charge on any atom is 0.145 e. The first-order valence-corrected chi connectivity index (χ1v) is 25.5. The SMILES string of the molecule is C1=Cc2sc3ccc(-c4ccc(-c5ccc(-c6ccc(-c7ccc8sc9ccccc9c8c7)cc6)c6sc(-c7ccc(-c8nc9ccccc9n8-c8ccccc8)cc7)nc56)cc4)cc3c2CC1. The predicted octanol–water partition coefficient (Wildman–Crippen LogP) is 18.2. The van der Waals surface area contributed by atoms with Crippen molar-refractivity contribution in [2.45, 2.75) is 12.8 Å². The summed E-state index contributed by atoms with van der Waals surface area (Å²) < 4.78 is 7.45. The molecule has 3 nitrogen and oxygen atoms in total. The first-order valence-electron chi connectivity index (χ1n) is 23.1. The lowest BCUT2D eigenvalue weighted by atomic mass is 9.95. The quantitative estimate of drug-likeness (QED) is 0.159. The van der Waals surface area contributed by atoms with Crippen LogP contribution < -0.4 is 0 Å². The fourth-order valence-electron chi connectivity index (χ4n) is 10.2. The molecular weight excluding hydrogens is 883 g/mol. The Morgan fingerprint density at radius 1 is 0.426 bits per heavy atom. The third-order valence-corrected chi connectivity index (χ3v) is 17.1. The number of imidazole rings is 1. The topological polar surface area (TPSA) is 30.7 Å². The van der Waals surface area contributed by atoms with E-state index in [2.05, 4.69) is 217 Å². The Labute approximate surface area is 405 Å². The molecule has 0 unspecified atom stereocenters. The molecule has 68 heavy (non-hydrogen) atoms. The molecule has 0 saturated heterocycles. The van der Waals surface area contributed by atoms with Crippen molar-refractivity contribution in [2.24, 2.45) is 0 Å². The summed E-state index contributed by atoms with van der Waals surface area (Å²) >= 11 is 5.54. The minimum absolute atomic E-state index is 0.917. The van der Waals surface area contributed by atoms with Crippen LogP contribution in [0.1, 0.15) is 16.9 Å². The molecule has 9 aromatic carbocycles. The molecule has 0 amide bonds. The third-order valence-electron chi connectivity index (χ3n) is 13.6. The van der Waals surface area contributed by atoms with Gasteiger partial charge in [-0.05, 0) is 118 Å². The van der Waals surface area contributed by atoms with Crippen LogP contribution in [0.15, 0.2) is 206 Å². The number of allylic oxidation sites excluding steroid dienone is 1. The molecule has 0 N–H and O–H groups in total. The second kappa shape index (κ2) is 16.0. The number of fused-ring (bicyclic) bond motifs is 8. The van der Waals surface area contributed by atoms with E-state index in [1.165, 1.54) is 78.8 Å². The van der Waals surface area contributed by atoms with Crippen molar-refractivity contribution in [1.29, 1.82) is 0 Å². The van der Waals surface area contributed by atoms with E-state index in [1.807, 2.05) is 22.7 Å². The van der Waals surface area contributed by atoms with Crippen LogP contribution in [-0.2, 0) is 6.42 Å². The summed E-state index contributed by atoms with van der Waals surface area (Å²) in [4.78, 5) is 12.1. The lowest BCUT2D eigenvalue weighted by Gasteiger charge is -2.10. The summed E-state index contributed by atoms with van der Waals surface area (Å²) in [6.07, 6.45) is 6.83. The van der Waals surface area contributed by atoms with Crippen molar-refractivity contribution in [1.82, 2.24) is 14.5 Å². The first kappa shape index (κ1) is 39.4. The Balaban J connectivity index is 0.854. The lowest BCUT2D eigenvalue weighted by Crippen LogP contribution is -1.97. The Morgan fingerprint density at radius 3 is 1.82 bits per heavy atom. The lowest BCUT2D eigenvalue weighted by molar-refractivity contribution is 1.01. The van der Waals surface area contributed by atoms with Crippen molar-refractivity contribution in [3.63, 3.8) is 0 Å². The Hall–Kier alpha value is -7.74. The maximum atomic E-state index is 5.51. The van der Waals surface area contributed by atoms with Gasteiger partial charge >= 0.3 is 0 Å². The van der Waals surface area contributed by atoms with Gasteiger partial charge in [0.15, 0.2) is 0 Å². The number of benzene rings is 9. The van der Waals surface area contributed by atoms with Crippen molar-refractivity contribution in [2.75, 3.05) is 0 Å². The monoisotopic (exact) mass is 921 g/mol. The molecule has 0 bridgehead atoms. The molecule has 0 fully saturated rings. The van der Waals surface area contributed by atoms with Gasteiger partial charge in [-0.2, -0.15) is 0 Å². The highest BCUT2D eigenvalue weighted by Crippen LogP contribution is 2.44. The van der Waals surface area contributed by atoms with Gasteiger partial charge in [0.25, 0.3) is 0 Å². The minimum Gasteiger partial charge on any atom is -0.292 e. The summed E-state index contributed by atoms with van der Waals surface area (Å²) in [5, 5.41) is 5.03. The molecule has 4 aromatic heterocycles.